The lowest BCUT2D eigenvalue weighted by molar-refractivity contribution is 0.138. The van der Waals surface area contributed by atoms with Crippen LogP contribution in [-0.2, 0) is 6.67 Å². The van der Waals surface area contributed by atoms with Crippen molar-refractivity contribution < 1.29 is 4.74 Å². The van der Waals surface area contributed by atoms with Gasteiger partial charge in [-0.25, -0.2) is 4.98 Å². The zero-order valence-electron chi connectivity index (χ0n) is 15.7. The third-order valence-corrected chi connectivity index (χ3v) is 5.72. The number of anilines is 2. The number of rotatable bonds is 3. The van der Waals surface area contributed by atoms with Crippen molar-refractivity contribution in [1.82, 2.24) is 14.5 Å². The Labute approximate surface area is 154 Å². The molecule has 2 heterocycles. The Morgan fingerprint density at radius 1 is 1.12 bits per heavy atom. The molecule has 0 N–H and O–H groups in total. The fourth-order valence-corrected chi connectivity index (χ4v) is 4.08. The second-order valence-corrected chi connectivity index (χ2v) is 7.27. The lowest BCUT2D eigenvalue weighted by atomic mass is 10.2. The molecule has 26 heavy (non-hydrogen) atoms. The predicted molar refractivity (Wildman–Crippen MR) is 102 cm³/mol. The van der Waals surface area contributed by atoms with E-state index < -0.39 is 0 Å². The molecule has 0 amide bonds. The molecule has 2 aromatic rings. The van der Waals surface area contributed by atoms with E-state index in [0.29, 0.717) is 18.7 Å². The van der Waals surface area contributed by atoms with Gasteiger partial charge in [-0.3, -0.25) is 19.2 Å². The van der Waals surface area contributed by atoms with Crippen LogP contribution in [0.2, 0.25) is 0 Å². The molecule has 0 atom stereocenters. The number of benzene rings is 1. The summed E-state index contributed by atoms with van der Waals surface area (Å²) < 4.78 is 7.40. The van der Waals surface area contributed by atoms with Crippen molar-refractivity contribution in [2.45, 2.75) is 52.2 Å². The first kappa shape index (κ1) is 17.1. The number of methoxy groups -OCH3 is 1. The molecule has 4 rings (SSSR count). The van der Waals surface area contributed by atoms with Crippen molar-refractivity contribution >= 4 is 11.6 Å². The summed E-state index contributed by atoms with van der Waals surface area (Å²) in [4.78, 5) is 22.3. The van der Waals surface area contributed by atoms with Gasteiger partial charge in [0.05, 0.1) is 26.1 Å². The third kappa shape index (κ3) is 2.78. The first-order chi connectivity index (χ1) is 12.6. The highest BCUT2D eigenvalue weighted by Gasteiger charge is 2.33. The molecule has 0 radical (unpaired) electrons. The highest BCUT2D eigenvalue weighted by Crippen LogP contribution is 2.36. The summed E-state index contributed by atoms with van der Waals surface area (Å²) in [5, 5.41) is 0. The molecular weight excluding hydrogens is 328 g/mol. The van der Waals surface area contributed by atoms with Crippen LogP contribution in [0.15, 0.2) is 29.1 Å². The Morgan fingerprint density at radius 2 is 1.85 bits per heavy atom. The van der Waals surface area contributed by atoms with E-state index >= 15 is 0 Å². The second-order valence-electron chi connectivity index (χ2n) is 7.27. The molecule has 0 unspecified atom stereocenters. The average Bonchev–Trinajstić information content (AvgIpc) is 3.20. The van der Waals surface area contributed by atoms with Crippen LogP contribution in [0.4, 0.5) is 11.6 Å². The highest BCUT2D eigenvalue weighted by atomic mass is 16.5. The van der Waals surface area contributed by atoms with Crippen LogP contribution in [0.5, 0.6) is 5.75 Å². The quantitative estimate of drug-likeness (QED) is 0.847. The zero-order valence-corrected chi connectivity index (χ0v) is 15.7. The lowest BCUT2D eigenvalue weighted by Crippen LogP contribution is -2.50. The van der Waals surface area contributed by atoms with E-state index in [-0.39, 0.29) is 5.56 Å². The van der Waals surface area contributed by atoms with Crippen LogP contribution >= 0.6 is 0 Å². The molecular formula is C20H26N4O2. The Morgan fingerprint density at radius 3 is 2.58 bits per heavy atom. The maximum atomic E-state index is 13.0. The highest BCUT2D eigenvalue weighted by molar-refractivity contribution is 5.66. The molecule has 1 aromatic carbocycles. The van der Waals surface area contributed by atoms with Gasteiger partial charge in [0.1, 0.15) is 5.75 Å². The standard InChI is InChI=1S/C20H26N4O2/c1-14-15(2)21-20-23(17-10-6-7-11-18(17)26-3)12-22(13-24(20)19(14)25)16-8-4-5-9-16/h6-7,10-11,16H,4-5,8-9,12-13H2,1-3H3. The Hall–Kier alpha value is -2.34. The van der Waals surface area contributed by atoms with E-state index in [1.807, 2.05) is 42.7 Å². The maximum Gasteiger partial charge on any atom is 0.259 e. The van der Waals surface area contributed by atoms with Gasteiger partial charge >= 0.3 is 0 Å². The van der Waals surface area contributed by atoms with Crippen molar-refractivity contribution in [2.75, 3.05) is 18.7 Å². The first-order valence-electron chi connectivity index (χ1n) is 9.33. The van der Waals surface area contributed by atoms with Crippen LogP contribution in [0.25, 0.3) is 0 Å². The fraction of sp³-hybridized carbons (Fsp3) is 0.500. The number of ether oxygens (including phenoxy) is 1. The van der Waals surface area contributed by atoms with Gasteiger partial charge in [-0.1, -0.05) is 25.0 Å². The molecule has 2 aliphatic rings. The summed E-state index contributed by atoms with van der Waals surface area (Å²) in [7, 11) is 1.68. The molecule has 6 nitrogen and oxygen atoms in total. The zero-order chi connectivity index (χ0) is 18.3. The minimum atomic E-state index is 0.0510. The number of hydrogen-bond acceptors (Lipinski definition) is 5. The van der Waals surface area contributed by atoms with Crippen LogP contribution < -0.4 is 15.2 Å². The van der Waals surface area contributed by atoms with Crippen molar-refractivity contribution in [1.29, 1.82) is 0 Å². The van der Waals surface area contributed by atoms with Gasteiger partial charge < -0.3 is 4.74 Å². The summed E-state index contributed by atoms with van der Waals surface area (Å²) in [6, 6.07) is 8.46. The van der Waals surface area contributed by atoms with Gasteiger partial charge in [0.25, 0.3) is 5.56 Å². The minimum absolute atomic E-state index is 0.0510. The number of hydrogen-bond donors (Lipinski definition) is 0. The van der Waals surface area contributed by atoms with Crippen molar-refractivity contribution in [3.05, 3.63) is 45.9 Å². The largest absolute Gasteiger partial charge is 0.495 e. The molecule has 1 aliphatic heterocycles. The number of para-hydroxylation sites is 2. The van der Waals surface area contributed by atoms with Gasteiger partial charge in [-0.2, -0.15) is 0 Å². The Balaban J connectivity index is 1.86. The SMILES string of the molecule is COc1ccccc1N1CN(C2CCCC2)Cn2c1nc(C)c(C)c2=O. The van der Waals surface area contributed by atoms with Crippen LogP contribution in [0.3, 0.4) is 0 Å². The molecule has 1 aromatic heterocycles. The maximum absolute atomic E-state index is 13.0. The predicted octanol–water partition coefficient (Wildman–Crippen LogP) is 3.18. The number of nitrogens with zero attached hydrogens (tertiary/aromatic N) is 4. The molecule has 0 spiro atoms. The number of aryl methyl sites for hydroxylation is 1. The van der Waals surface area contributed by atoms with Crippen molar-refractivity contribution in [3.63, 3.8) is 0 Å². The van der Waals surface area contributed by atoms with E-state index in [2.05, 4.69) is 9.80 Å². The van der Waals surface area contributed by atoms with Gasteiger partial charge in [-0.15, -0.1) is 0 Å². The van der Waals surface area contributed by atoms with Crippen molar-refractivity contribution in [2.24, 2.45) is 0 Å². The Bertz CT molecular complexity index is 871. The van der Waals surface area contributed by atoms with E-state index in [0.717, 1.165) is 29.4 Å². The van der Waals surface area contributed by atoms with Gasteiger partial charge in [0, 0.05) is 17.3 Å². The van der Waals surface area contributed by atoms with E-state index in [9.17, 15) is 4.79 Å². The molecule has 1 fully saturated rings. The van der Waals surface area contributed by atoms with E-state index in [1.165, 1.54) is 25.7 Å². The van der Waals surface area contributed by atoms with Crippen molar-refractivity contribution in [3.8, 4) is 5.75 Å². The summed E-state index contributed by atoms with van der Waals surface area (Å²) >= 11 is 0. The normalized spacial score (nSPS) is 18.2. The fourth-order valence-electron chi connectivity index (χ4n) is 4.08. The molecule has 1 saturated carbocycles. The second kappa shape index (κ2) is 6.76. The van der Waals surface area contributed by atoms with Gasteiger partial charge in [0.15, 0.2) is 0 Å². The van der Waals surface area contributed by atoms with E-state index in [1.54, 1.807) is 7.11 Å². The van der Waals surface area contributed by atoms with E-state index in [4.69, 9.17) is 9.72 Å². The summed E-state index contributed by atoms with van der Waals surface area (Å²) in [5.41, 5.74) is 2.51. The van der Waals surface area contributed by atoms with Crippen LogP contribution in [0.1, 0.15) is 36.9 Å². The smallest absolute Gasteiger partial charge is 0.259 e. The van der Waals surface area contributed by atoms with Crippen LogP contribution in [0, 0.1) is 13.8 Å². The number of fused-ring (bicyclic) bond motifs is 1. The van der Waals surface area contributed by atoms with Crippen LogP contribution in [-0.4, -0.2) is 34.3 Å². The molecule has 0 bridgehead atoms. The molecule has 0 saturated heterocycles. The minimum Gasteiger partial charge on any atom is -0.495 e. The monoisotopic (exact) mass is 354 g/mol. The first-order valence-corrected chi connectivity index (χ1v) is 9.33. The average molecular weight is 354 g/mol. The van der Waals surface area contributed by atoms with Gasteiger partial charge in [-0.05, 0) is 38.8 Å². The Kier molecular flexibility index (Phi) is 4.44. The topological polar surface area (TPSA) is 50.6 Å². The molecule has 138 valence electrons. The lowest BCUT2D eigenvalue weighted by Gasteiger charge is -2.41. The molecule has 6 heteroatoms. The summed E-state index contributed by atoms with van der Waals surface area (Å²) in [6.45, 7) is 5.10. The molecule has 1 aliphatic carbocycles. The summed E-state index contributed by atoms with van der Waals surface area (Å²) in [5.74, 6) is 1.50. The number of aromatic nitrogens is 2. The van der Waals surface area contributed by atoms with Gasteiger partial charge in [0.2, 0.25) is 5.95 Å². The third-order valence-electron chi connectivity index (χ3n) is 5.72. The summed E-state index contributed by atoms with van der Waals surface area (Å²) in [6.07, 6.45) is 4.93.